The smallest absolute Gasteiger partial charge is 0.236 e. The molecule has 1 amide bonds. The number of aliphatic hydroxyl groups excluding tert-OH is 1. The molecular formula is C12H22N2O2. The molecule has 0 unspecified atom stereocenters. The van der Waals surface area contributed by atoms with E-state index in [2.05, 4.69) is 0 Å². The minimum Gasteiger partial charge on any atom is -0.390 e. The maximum Gasteiger partial charge on any atom is 0.236 e. The van der Waals surface area contributed by atoms with E-state index in [0.717, 1.165) is 12.8 Å². The van der Waals surface area contributed by atoms with Crippen LogP contribution in [0.3, 0.4) is 0 Å². The maximum atomic E-state index is 12.0. The van der Waals surface area contributed by atoms with E-state index in [1.54, 1.807) is 0 Å². The molecule has 2 rings (SSSR count). The van der Waals surface area contributed by atoms with Gasteiger partial charge < -0.3 is 10.0 Å². The highest BCUT2D eigenvalue weighted by atomic mass is 16.3. The van der Waals surface area contributed by atoms with Gasteiger partial charge in [-0.25, -0.2) is 0 Å². The number of nitrogens with zero attached hydrogens (tertiary/aromatic N) is 2. The minimum atomic E-state index is -0.215. The first kappa shape index (κ1) is 11.9. The van der Waals surface area contributed by atoms with Crippen LogP contribution < -0.4 is 0 Å². The summed E-state index contributed by atoms with van der Waals surface area (Å²) in [6.45, 7) is 1.79. The van der Waals surface area contributed by atoms with Crippen LogP contribution >= 0.6 is 0 Å². The molecule has 0 aromatic rings. The lowest BCUT2D eigenvalue weighted by molar-refractivity contribution is -0.136. The monoisotopic (exact) mass is 226 g/mol. The topological polar surface area (TPSA) is 43.8 Å². The molecule has 0 aromatic carbocycles. The molecule has 1 heterocycles. The Hall–Kier alpha value is -0.610. The van der Waals surface area contributed by atoms with Crippen molar-refractivity contribution in [2.24, 2.45) is 0 Å². The van der Waals surface area contributed by atoms with Crippen molar-refractivity contribution < 1.29 is 9.90 Å². The Morgan fingerprint density at radius 3 is 2.50 bits per heavy atom. The second kappa shape index (κ2) is 5.15. The Kier molecular flexibility index (Phi) is 3.82. The Balaban J connectivity index is 1.74. The number of β-amino-alcohol motifs (C(OH)–C–C–N with tert-alkyl or cyclic N) is 1. The van der Waals surface area contributed by atoms with Gasteiger partial charge in [0.1, 0.15) is 0 Å². The quantitative estimate of drug-likeness (QED) is 0.760. The number of rotatable bonds is 3. The van der Waals surface area contributed by atoms with Crippen LogP contribution in [0.4, 0.5) is 0 Å². The van der Waals surface area contributed by atoms with Gasteiger partial charge in [-0.2, -0.15) is 0 Å². The van der Waals surface area contributed by atoms with E-state index in [1.807, 2.05) is 16.8 Å². The number of likely N-dealkylation sites (tertiary alicyclic amines) is 1. The summed E-state index contributed by atoms with van der Waals surface area (Å²) in [6.07, 6.45) is 5.93. The summed E-state index contributed by atoms with van der Waals surface area (Å²) in [5.41, 5.74) is 0. The molecule has 0 spiro atoms. The second-order valence-corrected chi connectivity index (χ2v) is 5.14. The van der Waals surface area contributed by atoms with Crippen LogP contribution in [0.25, 0.3) is 0 Å². The number of aliphatic hydroxyl groups is 1. The van der Waals surface area contributed by atoms with Crippen molar-refractivity contribution in [2.75, 3.05) is 26.7 Å². The van der Waals surface area contributed by atoms with Crippen molar-refractivity contribution in [3.8, 4) is 0 Å². The Morgan fingerprint density at radius 1 is 1.31 bits per heavy atom. The number of hydrogen-bond acceptors (Lipinski definition) is 3. The summed E-state index contributed by atoms with van der Waals surface area (Å²) in [7, 11) is 1.93. The first-order valence-corrected chi connectivity index (χ1v) is 6.33. The van der Waals surface area contributed by atoms with Crippen molar-refractivity contribution in [3.63, 3.8) is 0 Å². The maximum absolute atomic E-state index is 12.0. The van der Waals surface area contributed by atoms with Crippen LogP contribution in [0.2, 0.25) is 0 Å². The van der Waals surface area contributed by atoms with E-state index in [0.29, 0.717) is 25.7 Å². The van der Waals surface area contributed by atoms with Gasteiger partial charge in [-0.3, -0.25) is 9.69 Å². The van der Waals surface area contributed by atoms with Crippen LogP contribution in [0.15, 0.2) is 0 Å². The fourth-order valence-corrected chi connectivity index (χ4v) is 2.65. The molecule has 2 aliphatic rings. The zero-order valence-corrected chi connectivity index (χ0v) is 10.1. The van der Waals surface area contributed by atoms with Gasteiger partial charge in [0, 0.05) is 26.2 Å². The average Bonchev–Trinajstić information content (AvgIpc) is 2.27. The molecule has 16 heavy (non-hydrogen) atoms. The Labute approximate surface area is 97.2 Å². The van der Waals surface area contributed by atoms with Crippen molar-refractivity contribution in [2.45, 2.75) is 44.2 Å². The number of carbonyl (C=O) groups excluding carboxylic acids is 1. The van der Waals surface area contributed by atoms with Crippen LogP contribution in [-0.2, 0) is 4.79 Å². The highest BCUT2D eigenvalue weighted by Gasteiger charge is 2.29. The zero-order valence-electron chi connectivity index (χ0n) is 10.1. The van der Waals surface area contributed by atoms with Gasteiger partial charge in [0.2, 0.25) is 5.91 Å². The third kappa shape index (κ3) is 2.74. The van der Waals surface area contributed by atoms with E-state index in [4.69, 9.17) is 5.11 Å². The van der Waals surface area contributed by atoms with Crippen LogP contribution in [0, 0.1) is 0 Å². The van der Waals surface area contributed by atoms with E-state index in [-0.39, 0.29) is 12.0 Å². The first-order chi connectivity index (χ1) is 7.66. The lowest BCUT2D eigenvalue weighted by Gasteiger charge is -2.38. The van der Waals surface area contributed by atoms with E-state index in [1.165, 1.54) is 19.3 Å². The normalized spacial score (nSPS) is 24.1. The number of likely N-dealkylation sites (N-methyl/N-ethyl adjacent to an activating group) is 1. The van der Waals surface area contributed by atoms with Crippen LogP contribution in [0.1, 0.15) is 32.1 Å². The molecule has 0 atom stereocenters. The average molecular weight is 226 g/mol. The van der Waals surface area contributed by atoms with Crippen molar-refractivity contribution in [1.29, 1.82) is 0 Å². The van der Waals surface area contributed by atoms with Crippen molar-refractivity contribution in [1.82, 2.24) is 9.80 Å². The standard InChI is InChI=1S/C12H22N2O2/c1-13(10-5-3-2-4-6-10)12(16)9-14-7-11(15)8-14/h10-11,15H,2-9H2,1H3. The molecule has 1 N–H and O–H groups in total. The lowest BCUT2D eigenvalue weighted by Crippen LogP contribution is -2.55. The summed E-state index contributed by atoms with van der Waals surface area (Å²) >= 11 is 0. The van der Waals surface area contributed by atoms with Crippen LogP contribution in [-0.4, -0.2) is 59.6 Å². The molecule has 0 radical (unpaired) electrons. The molecule has 0 bridgehead atoms. The first-order valence-electron chi connectivity index (χ1n) is 6.33. The summed E-state index contributed by atoms with van der Waals surface area (Å²) in [6, 6.07) is 0.451. The summed E-state index contributed by atoms with van der Waals surface area (Å²) in [5, 5.41) is 9.15. The number of amides is 1. The third-order valence-corrected chi connectivity index (χ3v) is 3.81. The molecular weight excluding hydrogens is 204 g/mol. The molecule has 1 aliphatic carbocycles. The van der Waals surface area contributed by atoms with Gasteiger partial charge in [-0.05, 0) is 12.8 Å². The third-order valence-electron chi connectivity index (χ3n) is 3.81. The molecule has 4 nitrogen and oxygen atoms in total. The fraction of sp³-hybridized carbons (Fsp3) is 0.917. The van der Waals surface area contributed by atoms with Gasteiger partial charge in [-0.15, -0.1) is 0 Å². The summed E-state index contributed by atoms with van der Waals surface area (Å²) in [5.74, 6) is 0.207. The summed E-state index contributed by atoms with van der Waals surface area (Å²) in [4.78, 5) is 15.9. The number of hydrogen-bond donors (Lipinski definition) is 1. The molecule has 2 fully saturated rings. The minimum absolute atomic E-state index is 0.207. The van der Waals surface area contributed by atoms with E-state index >= 15 is 0 Å². The SMILES string of the molecule is CN(C(=O)CN1CC(O)C1)C1CCCCC1. The zero-order chi connectivity index (χ0) is 11.5. The Morgan fingerprint density at radius 2 is 1.94 bits per heavy atom. The molecule has 1 saturated carbocycles. The summed E-state index contributed by atoms with van der Waals surface area (Å²) < 4.78 is 0. The fourth-order valence-electron chi connectivity index (χ4n) is 2.65. The van der Waals surface area contributed by atoms with Gasteiger partial charge >= 0.3 is 0 Å². The molecule has 1 saturated heterocycles. The highest BCUT2D eigenvalue weighted by Crippen LogP contribution is 2.22. The van der Waals surface area contributed by atoms with Gasteiger partial charge in [-0.1, -0.05) is 19.3 Å². The Bertz CT molecular complexity index is 245. The largest absolute Gasteiger partial charge is 0.390 e. The molecule has 4 heteroatoms. The van der Waals surface area contributed by atoms with Crippen molar-refractivity contribution >= 4 is 5.91 Å². The predicted octanol–water partition coefficient (Wildman–Crippen LogP) is 0.454. The highest BCUT2D eigenvalue weighted by molar-refractivity contribution is 5.78. The number of carbonyl (C=O) groups is 1. The van der Waals surface area contributed by atoms with Gasteiger partial charge in [0.25, 0.3) is 0 Å². The van der Waals surface area contributed by atoms with Gasteiger partial charge in [0.05, 0.1) is 12.6 Å². The molecule has 92 valence electrons. The lowest BCUT2D eigenvalue weighted by atomic mass is 9.94. The predicted molar refractivity (Wildman–Crippen MR) is 62.1 cm³/mol. The second-order valence-electron chi connectivity index (χ2n) is 5.14. The molecule has 0 aromatic heterocycles. The van der Waals surface area contributed by atoms with E-state index in [9.17, 15) is 4.79 Å². The van der Waals surface area contributed by atoms with Gasteiger partial charge in [0.15, 0.2) is 0 Å². The van der Waals surface area contributed by atoms with Crippen molar-refractivity contribution in [3.05, 3.63) is 0 Å². The van der Waals surface area contributed by atoms with E-state index < -0.39 is 0 Å². The molecule has 1 aliphatic heterocycles. The van der Waals surface area contributed by atoms with Crippen LogP contribution in [0.5, 0.6) is 0 Å².